The Hall–Kier alpha value is -2.19. The van der Waals surface area contributed by atoms with E-state index in [0.717, 1.165) is 12.8 Å². The summed E-state index contributed by atoms with van der Waals surface area (Å²) in [4.78, 5) is 0. The van der Waals surface area contributed by atoms with Gasteiger partial charge in [0.25, 0.3) is 0 Å². The van der Waals surface area contributed by atoms with Crippen molar-refractivity contribution in [1.29, 1.82) is 0 Å². The number of nitrogens with zero attached hydrogens (tertiary/aromatic N) is 1. The fourth-order valence-corrected chi connectivity index (χ4v) is 7.65. The minimum absolute atomic E-state index is 0.0941. The number of pyridine rings is 1. The molecule has 2 heteroatoms. The molecule has 2 atom stereocenters. The van der Waals surface area contributed by atoms with Crippen LogP contribution in [-0.2, 0) is 11.0 Å². The van der Waals surface area contributed by atoms with Gasteiger partial charge in [-0.05, 0) is 50.8 Å². The third-order valence-corrected chi connectivity index (χ3v) is 9.60. The molecule has 2 unspecified atom stereocenters. The standard InChI is InChI=1S/C29H34NS/c1-7-16-29(9-3)28(6,8-2)23-15-14-22-21-12-10-11-13-25(21)31-27(22)26(23)24-17-19(4)20(5)18-30(24)29/h10-15,17-18H,7-9,16H2,1-6H3/q+1. The average molecular weight is 429 g/mol. The summed E-state index contributed by atoms with van der Waals surface area (Å²) >= 11 is 1.97. The molecule has 0 spiro atoms. The second kappa shape index (κ2) is 7.17. The molecule has 0 amide bonds. The third kappa shape index (κ3) is 2.58. The molecule has 1 nitrogen and oxygen atoms in total. The van der Waals surface area contributed by atoms with Gasteiger partial charge in [-0.1, -0.05) is 51.1 Å². The minimum atomic E-state index is 0.0941. The van der Waals surface area contributed by atoms with Crippen molar-refractivity contribution in [2.45, 2.75) is 78.2 Å². The van der Waals surface area contributed by atoms with Gasteiger partial charge in [0.15, 0.2) is 11.7 Å². The number of aryl methyl sites for hydroxylation is 2. The molecule has 4 aromatic rings. The van der Waals surface area contributed by atoms with E-state index in [9.17, 15) is 0 Å². The highest BCUT2D eigenvalue weighted by molar-refractivity contribution is 7.26. The second-order valence-corrected chi connectivity index (χ2v) is 10.7. The largest absolute Gasteiger partial charge is 0.215 e. The summed E-state index contributed by atoms with van der Waals surface area (Å²) in [6.07, 6.45) is 7.16. The lowest BCUT2D eigenvalue weighted by molar-refractivity contribution is -0.770. The topological polar surface area (TPSA) is 3.88 Å². The first-order valence-corrected chi connectivity index (χ1v) is 12.7. The summed E-state index contributed by atoms with van der Waals surface area (Å²) in [6, 6.07) is 16.2. The molecule has 0 bridgehead atoms. The van der Waals surface area contributed by atoms with Gasteiger partial charge in [0.2, 0.25) is 5.69 Å². The molecule has 31 heavy (non-hydrogen) atoms. The second-order valence-electron chi connectivity index (χ2n) is 9.68. The van der Waals surface area contributed by atoms with Crippen LogP contribution in [0.25, 0.3) is 31.4 Å². The van der Waals surface area contributed by atoms with Gasteiger partial charge in [0.1, 0.15) is 0 Å². The summed E-state index contributed by atoms with van der Waals surface area (Å²) < 4.78 is 5.55. The van der Waals surface area contributed by atoms with E-state index in [1.165, 1.54) is 55.4 Å². The van der Waals surface area contributed by atoms with Gasteiger partial charge >= 0.3 is 0 Å². The molecule has 0 radical (unpaired) electrons. The van der Waals surface area contributed by atoms with Crippen LogP contribution >= 0.6 is 11.3 Å². The van der Waals surface area contributed by atoms with E-state index in [-0.39, 0.29) is 11.0 Å². The summed E-state index contributed by atoms with van der Waals surface area (Å²) in [5.41, 5.74) is 7.41. The van der Waals surface area contributed by atoms with E-state index < -0.39 is 0 Å². The smallest absolute Gasteiger partial charge is 0.192 e. The lowest BCUT2D eigenvalue weighted by Gasteiger charge is -2.48. The number of benzene rings is 2. The predicted molar refractivity (Wildman–Crippen MR) is 135 cm³/mol. The quantitative estimate of drug-likeness (QED) is 0.288. The highest BCUT2D eigenvalue weighted by Gasteiger charge is 2.59. The zero-order valence-corrected chi connectivity index (χ0v) is 20.6. The molecule has 0 N–H and O–H groups in total. The maximum Gasteiger partial charge on any atom is 0.215 e. The van der Waals surface area contributed by atoms with Crippen molar-refractivity contribution in [1.82, 2.24) is 0 Å². The lowest BCUT2D eigenvalue weighted by Crippen LogP contribution is -2.69. The number of fused-ring (bicyclic) bond motifs is 7. The van der Waals surface area contributed by atoms with Crippen LogP contribution < -0.4 is 4.57 Å². The normalized spacial score (nSPS) is 22.6. The molecule has 0 saturated carbocycles. The Bertz CT molecular complexity index is 1310. The summed E-state index contributed by atoms with van der Waals surface area (Å²) in [7, 11) is 0. The molecular weight excluding hydrogens is 394 g/mol. The molecule has 0 saturated heterocycles. The molecule has 0 fully saturated rings. The van der Waals surface area contributed by atoms with Gasteiger partial charge in [-0.2, -0.15) is 4.57 Å². The summed E-state index contributed by atoms with van der Waals surface area (Å²) in [5.74, 6) is 0. The number of thiophene rings is 1. The van der Waals surface area contributed by atoms with Crippen LogP contribution in [0, 0.1) is 13.8 Å². The van der Waals surface area contributed by atoms with E-state index in [2.05, 4.69) is 94.8 Å². The molecular formula is C29H34NS+. The Morgan fingerprint density at radius 3 is 2.39 bits per heavy atom. The van der Waals surface area contributed by atoms with E-state index in [1.807, 2.05) is 11.3 Å². The van der Waals surface area contributed by atoms with Crippen LogP contribution in [0.3, 0.4) is 0 Å². The number of aromatic nitrogens is 1. The monoisotopic (exact) mass is 428 g/mol. The fourth-order valence-electron chi connectivity index (χ4n) is 6.39. The highest BCUT2D eigenvalue weighted by atomic mass is 32.1. The number of hydrogen-bond acceptors (Lipinski definition) is 1. The zero-order valence-electron chi connectivity index (χ0n) is 19.8. The zero-order chi connectivity index (χ0) is 22.0. The Balaban J connectivity index is 1.99. The fraction of sp³-hybridized carbons (Fsp3) is 0.414. The van der Waals surface area contributed by atoms with Crippen molar-refractivity contribution in [2.75, 3.05) is 0 Å². The van der Waals surface area contributed by atoms with Gasteiger partial charge in [-0.15, -0.1) is 11.3 Å². The molecule has 1 aliphatic rings. The Kier molecular flexibility index (Phi) is 4.79. The van der Waals surface area contributed by atoms with Gasteiger partial charge in [0, 0.05) is 44.6 Å². The Morgan fingerprint density at radius 2 is 1.68 bits per heavy atom. The van der Waals surface area contributed by atoms with E-state index in [1.54, 1.807) is 5.56 Å². The summed E-state index contributed by atoms with van der Waals surface area (Å²) in [6.45, 7) is 14.2. The van der Waals surface area contributed by atoms with Crippen LogP contribution in [0.5, 0.6) is 0 Å². The van der Waals surface area contributed by atoms with E-state index in [4.69, 9.17) is 0 Å². The van der Waals surface area contributed by atoms with Crippen molar-refractivity contribution < 1.29 is 4.57 Å². The SMILES string of the molecule is CCCC1(CC)[n+]2cc(C)c(C)cc2-c2c(ccc3c2sc2ccccc23)C1(C)CC. The maximum atomic E-state index is 2.70. The van der Waals surface area contributed by atoms with Crippen LogP contribution in [-0.4, -0.2) is 0 Å². The first-order chi connectivity index (χ1) is 14.9. The molecule has 3 heterocycles. The van der Waals surface area contributed by atoms with Crippen LogP contribution in [0.4, 0.5) is 0 Å². The maximum absolute atomic E-state index is 2.70. The molecule has 2 aromatic heterocycles. The van der Waals surface area contributed by atoms with Crippen molar-refractivity contribution in [3.05, 3.63) is 65.4 Å². The lowest BCUT2D eigenvalue weighted by atomic mass is 9.58. The number of rotatable bonds is 4. The first kappa shape index (κ1) is 20.7. The molecule has 0 aliphatic carbocycles. The van der Waals surface area contributed by atoms with Gasteiger partial charge in [-0.25, -0.2) is 0 Å². The van der Waals surface area contributed by atoms with Gasteiger partial charge in [-0.3, -0.25) is 0 Å². The Morgan fingerprint density at radius 1 is 0.903 bits per heavy atom. The van der Waals surface area contributed by atoms with Crippen LogP contribution in [0.15, 0.2) is 48.7 Å². The minimum Gasteiger partial charge on any atom is -0.192 e. The van der Waals surface area contributed by atoms with Crippen molar-refractivity contribution >= 4 is 31.5 Å². The van der Waals surface area contributed by atoms with Crippen molar-refractivity contribution in [2.24, 2.45) is 0 Å². The van der Waals surface area contributed by atoms with E-state index >= 15 is 0 Å². The molecule has 5 rings (SSSR count). The van der Waals surface area contributed by atoms with Crippen LogP contribution in [0.2, 0.25) is 0 Å². The first-order valence-electron chi connectivity index (χ1n) is 11.9. The molecule has 2 aromatic carbocycles. The molecule has 160 valence electrons. The number of hydrogen-bond donors (Lipinski definition) is 0. The van der Waals surface area contributed by atoms with Crippen molar-refractivity contribution in [3.63, 3.8) is 0 Å². The van der Waals surface area contributed by atoms with Crippen molar-refractivity contribution in [3.8, 4) is 11.3 Å². The van der Waals surface area contributed by atoms with E-state index in [0.29, 0.717) is 0 Å². The Labute approximate surface area is 190 Å². The summed E-state index contributed by atoms with van der Waals surface area (Å²) in [5, 5.41) is 2.79. The highest BCUT2D eigenvalue weighted by Crippen LogP contribution is 2.54. The van der Waals surface area contributed by atoms with Gasteiger partial charge in [0.05, 0.1) is 11.0 Å². The average Bonchev–Trinajstić information content (AvgIpc) is 3.16. The third-order valence-electron chi connectivity index (χ3n) is 8.40. The van der Waals surface area contributed by atoms with Crippen LogP contribution in [0.1, 0.15) is 70.1 Å². The van der Waals surface area contributed by atoms with Gasteiger partial charge < -0.3 is 0 Å². The predicted octanol–water partition coefficient (Wildman–Crippen LogP) is 8.21. The molecule has 1 aliphatic heterocycles.